The number of aliphatic hydroxyl groups is 1. The van der Waals surface area contributed by atoms with Crippen LogP contribution in [0.25, 0.3) is 10.6 Å². The van der Waals surface area contributed by atoms with Crippen molar-refractivity contribution in [3.8, 4) is 10.6 Å². The van der Waals surface area contributed by atoms with Crippen molar-refractivity contribution in [2.45, 2.75) is 18.3 Å². The lowest BCUT2D eigenvalue weighted by Crippen LogP contribution is -2.11. The predicted octanol–water partition coefficient (Wildman–Crippen LogP) is 2.90. The van der Waals surface area contributed by atoms with Crippen molar-refractivity contribution in [1.29, 1.82) is 0 Å². The van der Waals surface area contributed by atoms with Crippen LogP contribution in [0.4, 0.5) is 0 Å². The first kappa shape index (κ1) is 9.51. The highest BCUT2D eigenvalue weighted by Crippen LogP contribution is 2.49. The third-order valence-electron chi connectivity index (χ3n) is 2.89. The molecule has 2 aromatic heterocycles. The van der Waals surface area contributed by atoms with Gasteiger partial charge in [0.05, 0.1) is 17.2 Å². The molecular weight excluding hydrogens is 226 g/mol. The number of hydrogen-bond acceptors (Lipinski definition) is 4. The smallest absolute Gasteiger partial charge is 0.102 e. The highest BCUT2D eigenvalue weighted by atomic mass is 32.1. The van der Waals surface area contributed by atoms with E-state index < -0.39 is 0 Å². The van der Waals surface area contributed by atoms with E-state index in [1.54, 1.807) is 22.7 Å². The topological polar surface area (TPSA) is 33.1 Å². The summed E-state index contributed by atoms with van der Waals surface area (Å²) in [6.45, 7) is 0.240. The van der Waals surface area contributed by atoms with Crippen molar-refractivity contribution >= 4 is 22.7 Å². The SMILES string of the molecule is OCC1(c2nc(-c3cccs3)cs2)CC1. The van der Waals surface area contributed by atoms with E-state index in [1.807, 2.05) is 6.07 Å². The second-order valence-corrected chi connectivity index (χ2v) is 5.76. The summed E-state index contributed by atoms with van der Waals surface area (Å²) in [5.74, 6) is 0. The second-order valence-electron chi connectivity index (χ2n) is 3.95. The fraction of sp³-hybridized carbons (Fsp3) is 0.364. The molecule has 2 aromatic rings. The molecule has 1 saturated carbocycles. The van der Waals surface area contributed by atoms with Gasteiger partial charge < -0.3 is 5.11 Å². The Morgan fingerprint density at radius 3 is 2.87 bits per heavy atom. The van der Waals surface area contributed by atoms with Gasteiger partial charge in [0.15, 0.2) is 0 Å². The molecule has 0 bridgehead atoms. The van der Waals surface area contributed by atoms with Crippen LogP contribution in [0, 0.1) is 0 Å². The van der Waals surface area contributed by atoms with Gasteiger partial charge in [-0.3, -0.25) is 0 Å². The first-order valence-electron chi connectivity index (χ1n) is 4.95. The summed E-state index contributed by atoms with van der Waals surface area (Å²) >= 11 is 3.39. The molecule has 0 atom stereocenters. The standard InChI is InChI=1S/C11H11NOS2/c13-7-11(3-4-11)10-12-8(6-15-10)9-2-1-5-14-9/h1-2,5-6,13H,3-4,7H2. The van der Waals surface area contributed by atoms with Crippen molar-refractivity contribution in [2.75, 3.05) is 6.61 Å². The first-order valence-corrected chi connectivity index (χ1v) is 6.71. The molecule has 1 aliphatic rings. The Morgan fingerprint density at radius 1 is 1.40 bits per heavy atom. The van der Waals surface area contributed by atoms with E-state index in [4.69, 9.17) is 0 Å². The Morgan fingerprint density at radius 2 is 2.27 bits per heavy atom. The van der Waals surface area contributed by atoms with Crippen LogP contribution in [0.15, 0.2) is 22.9 Å². The van der Waals surface area contributed by atoms with Gasteiger partial charge in [-0.2, -0.15) is 0 Å². The quantitative estimate of drug-likeness (QED) is 0.890. The Balaban J connectivity index is 1.95. The van der Waals surface area contributed by atoms with Crippen LogP contribution >= 0.6 is 22.7 Å². The zero-order chi connectivity index (χ0) is 10.3. The second kappa shape index (κ2) is 3.40. The first-order chi connectivity index (χ1) is 7.34. The molecule has 0 saturated heterocycles. The van der Waals surface area contributed by atoms with Crippen LogP contribution in [0.2, 0.25) is 0 Å². The van der Waals surface area contributed by atoms with E-state index in [0.717, 1.165) is 23.5 Å². The van der Waals surface area contributed by atoms with Crippen LogP contribution in [0.5, 0.6) is 0 Å². The van der Waals surface area contributed by atoms with Gasteiger partial charge in [0, 0.05) is 10.8 Å². The van der Waals surface area contributed by atoms with Crippen LogP contribution in [-0.2, 0) is 5.41 Å². The average molecular weight is 237 g/mol. The van der Waals surface area contributed by atoms with Gasteiger partial charge in [-0.1, -0.05) is 6.07 Å². The zero-order valence-electron chi connectivity index (χ0n) is 8.14. The zero-order valence-corrected chi connectivity index (χ0v) is 9.77. The highest BCUT2D eigenvalue weighted by Gasteiger charge is 2.46. The molecular formula is C11H11NOS2. The van der Waals surface area contributed by atoms with E-state index in [-0.39, 0.29) is 12.0 Å². The largest absolute Gasteiger partial charge is 0.395 e. The normalized spacial score (nSPS) is 17.9. The highest BCUT2D eigenvalue weighted by molar-refractivity contribution is 7.14. The molecule has 0 aliphatic heterocycles. The number of aliphatic hydroxyl groups excluding tert-OH is 1. The molecule has 0 aromatic carbocycles. The van der Waals surface area contributed by atoms with E-state index in [2.05, 4.69) is 21.8 Å². The summed E-state index contributed by atoms with van der Waals surface area (Å²) < 4.78 is 0. The Labute approximate surface area is 96.2 Å². The maximum absolute atomic E-state index is 9.32. The molecule has 0 amide bonds. The molecule has 15 heavy (non-hydrogen) atoms. The third-order valence-corrected chi connectivity index (χ3v) is 4.87. The van der Waals surface area contributed by atoms with Gasteiger partial charge in [-0.05, 0) is 24.3 Å². The molecule has 0 unspecified atom stereocenters. The van der Waals surface area contributed by atoms with Crippen LogP contribution in [0.3, 0.4) is 0 Å². The third kappa shape index (κ3) is 1.53. The monoisotopic (exact) mass is 237 g/mol. The Kier molecular flexibility index (Phi) is 2.16. The molecule has 2 heterocycles. The molecule has 1 aliphatic carbocycles. The van der Waals surface area contributed by atoms with Gasteiger partial charge in [-0.25, -0.2) is 4.98 Å². The molecule has 2 nitrogen and oxygen atoms in total. The lowest BCUT2D eigenvalue weighted by Gasteiger charge is -2.05. The van der Waals surface area contributed by atoms with Gasteiger partial charge in [0.25, 0.3) is 0 Å². The molecule has 1 N–H and O–H groups in total. The molecule has 78 valence electrons. The van der Waals surface area contributed by atoms with Crippen LogP contribution < -0.4 is 0 Å². The lowest BCUT2D eigenvalue weighted by atomic mass is 10.1. The van der Waals surface area contributed by atoms with Crippen molar-refractivity contribution in [2.24, 2.45) is 0 Å². The van der Waals surface area contributed by atoms with Crippen LogP contribution in [-0.4, -0.2) is 16.7 Å². The number of rotatable bonds is 3. The van der Waals surface area contributed by atoms with Crippen molar-refractivity contribution < 1.29 is 5.11 Å². The summed E-state index contributed by atoms with van der Waals surface area (Å²) in [5.41, 5.74) is 1.07. The van der Waals surface area contributed by atoms with Gasteiger partial charge >= 0.3 is 0 Å². The van der Waals surface area contributed by atoms with E-state index in [0.29, 0.717) is 0 Å². The maximum Gasteiger partial charge on any atom is 0.102 e. The number of thiazole rings is 1. The molecule has 3 rings (SSSR count). The van der Waals surface area contributed by atoms with Gasteiger partial charge in [0.2, 0.25) is 0 Å². The maximum atomic E-state index is 9.32. The minimum atomic E-state index is 0.0141. The van der Waals surface area contributed by atoms with Crippen LogP contribution in [0.1, 0.15) is 17.8 Å². The van der Waals surface area contributed by atoms with E-state index in [1.165, 1.54) is 4.88 Å². The van der Waals surface area contributed by atoms with Gasteiger partial charge in [0.1, 0.15) is 5.01 Å². The number of hydrogen-bond donors (Lipinski definition) is 1. The number of thiophene rings is 1. The van der Waals surface area contributed by atoms with Crippen molar-refractivity contribution in [3.63, 3.8) is 0 Å². The summed E-state index contributed by atoms with van der Waals surface area (Å²) in [6.07, 6.45) is 2.17. The fourth-order valence-electron chi connectivity index (χ4n) is 1.65. The summed E-state index contributed by atoms with van der Waals surface area (Å²) in [4.78, 5) is 5.84. The molecule has 0 radical (unpaired) electrons. The van der Waals surface area contributed by atoms with Gasteiger partial charge in [-0.15, -0.1) is 22.7 Å². The molecule has 1 fully saturated rings. The van der Waals surface area contributed by atoms with E-state index >= 15 is 0 Å². The molecule has 4 heteroatoms. The van der Waals surface area contributed by atoms with E-state index in [9.17, 15) is 5.11 Å². The average Bonchev–Trinajstić information content (AvgIpc) is 2.74. The summed E-state index contributed by atoms with van der Waals surface area (Å²) in [7, 11) is 0. The lowest BCUT2D eigenvalue weighted by molar-refractivity contribution is 0.255. The van der Waals surface area contributed by atoms with Crippen molar-refractivity contribution in [3.05, 3.63) is 27.9 Å². The van der Waals surface area contributed by atoms with Crippen molar-refractivity contribution in [1.82, 2.24) is 4.98 Å². The summed E-state index contributed by atoms with van der Waals surface area (Å²) in [5, 5.41) is 14.6. The summed E-state index contributed by atoms with van der Waals surface area (Å²) in [6, 6.07) is 4.12. The number of aromatic nitrogens is 1. The molecule has 0 spiro atoms. The minimum absolute atomic E-state index is 0.0141. The predicted molar refractivity (Wildman–Crippen MR) is 63.4 cm³/mol. The Hall–Kier alpha value is -0.710. The Bertz CT molecular complexity index is 457. The number of nitrogens with zero attached hydrogens (tertiary/aromatic N) is 1. The minimum Gasteiger partial charge on any atom is -0.395 e. The fourth-order valence-corrected chi connectivity index (χ4v) is 3.48.